The van der Waals surface area contributed by atoms with Gasteiger partial charge < -0.3 is 15.5 Å². The predicted molar refractivity (Wildman–Crippen MR) is 107 cm³/mol. The van der Waals surface area contributed by atoms with Crippen LogP contribution in [0, 0.1) is 0 Å². The third-order valence-corrected chi connectivity index (χ3v) is 5.21. The van der Waals surface area contributed by atoms with Crippen LogP contribution in [0.4, 0.5) is 0 Å². The van der Waals surface area contributed by atoms with Gasteiger partial charge in [0.1, 0.15) is 0 Å². The summed E-state index contributed by atoms with van der Waals surface area (Å²) >= 11 is 9.71. The smallest absolute Gasteiger partial charge is 0.191 e. The highest BCUT2D eigenvalue weighted by molar-refractivity contribution is 9.10. The fourth-order valence-electron chi connectivity index (χ4n) is 2.89. The summed E-state index contributed by atoms with van der Waals surface area (Å²) in [4.78, 5) is 7.24. The van der Waals surface area contributed by atoms with E-state index in [1.54, 1.807) is 0 Å². The van der Waals surface area contributed by atoms with E-state index in [0.717, 1.165) is 53.5 Å². The molecule has 2 rings (SSSR count). The molecule has 0 saturated carbocycles. The number of benzene rings is 1. The SMILES string of the molecule is CCNC(=NCc1ccc(Br)cc1Cl)NC1CCN(C(C)C)CC1. The van der Waals surface area contributed by atoms with E-state index in [-0.39, 0.29) is 0 Å². The molecule has 1 heterocycles. The van der Waals surface area contributed by atoms with Crippen LogP contribution in [-0.4, -0.2) is 42.6 Å². The average Bonchev–Trinajstić information content (AvgIpc) is 2.54. The normalized spacial score (nSPS) is 17.3. The summed E-state index contributed by atoms with van der Waals surface area (Å²) < 4.78 is 0.988. The molecule has 1 aromatic rings. The highest BCUT2D eigenvalue weighted by atomic mass is 79.9. The van der Waals surface area contributed by atoms with Crippen LogP contribution >= 0.6 is 27.5 Å². The van der Waals surface area contributed by atoms with Gasteiger partial charge in [-0.05, 0) is 51.3 Å². The molecule has 0 unspecified atom stereocenters. The van der Waals surface area contributed by atoms with Gasteiger partial charge in [-0.1, -0.05) is 33.6 Å². The minimum atomic E-state index is 0.484. The third kappa shape index (κ3) is 5.94. The first-order valence-corrected chi connectivity index (χ1v) is 9.89. The number of likely N-dealkylation sites (tertiary alicyclic amines) is 1. The van der Waals surface area contributed by atoms with E-state index in [4.69, 9.17) is 16.6 Å². The summed E-state index contributed by atoms with van der Waals surface area (Å²) in [5.41, 5.74) is 1.03. The maximum Gasteiger partial charge on any atom is 0.191 e. The lowest BCUT2D eigenvalue weighted by Crippen LogP contribution is -2.49. The lowest BCUT2D eigenvalue weighted by Gasteiger charge is -2.35. The van der Waals surface area contributed by atoms with Crippen LogP contribution in [-0.2, 0) is 6.54 Å². The standard InChI is InChI=1S/C18H28BrClN4/c1-4-21-18(22-12-14-5-6-15(19)11-17(14)20)23-16-7-9-24(10-8-16)13(2)3/h5-6,11,13,16H,4,7-10,12H2,1-3H3,(H2,21,22,23). The maximum atomic E-state index is 6.28. The molecule has 134 valence electrons. The summed E-state index contributed by atoms with van der Waals surface area (Å²) in [6.45, 7) is 10.3. The number of rotatable bonds is 5. The lowest BCUT2D eigenvalue weighted by atomic mass is 10.0. The first kappa shape index (κ1) is 19.5. The Morgan fingerprint density at radius 3 is 2.67 bits per heavy atom. The fraction of sp³-hybridized carbons (Fsp3) is 0.611. The zero-order valence-corrected chi connectivity index (χ0v) is 17.1. The molecule has 0 radical (unpaired) electrons. The van der Waals surface area contributed by atoms with Crippen molar-refractivity contribution in [2.24, 2.45) is 4.99 Å². The van der Waals surface area contributed by atoms with Crippen molar-refractivity contribution in [2.45, 2.75) is 52.2 Å². The second-order valence-electron chi connectivity index (χ2n) is 6.48. The van der Waals surface area contributed by atoms with Crippen LogP contribution in [0.3, 0.4) is 0 Å². The van der Waals surface area contributed by atoms with Gasteiger partial charge in [0.2, 0.25) is 0 Å². The molecule has 0 amide bonds. The summed E-state index contributed by atoms with van der Waals surface area (Å²) in [6.07, 6.45) is 2.31. The van der Waals surface area contributed by atoms with Gasteiger partial charge in [-0.2, -0.15) is 0 Å². The molecule has 24 heavy (non-hydrogen) atoms. The van der Waals surface area contributed by atoms with E-state index in [1.807, 2.05) is 18.2 Å². The van der Waals surface area contributed by atoms with Gasteiger partial charge in [0.05, 0.1) is 6.54 Å². The van der Waals surface area contributed by atoms with Crippen LogP contribution in [0.1, 0.15) is 39.2 Å². The van der Waals surface area contributed by atoms with Gasteiger partial charge >= 0.3 is 0 Å². The number of piperidine rings is 1. The van der Waals surface area contributed by atoms with Crippen molar-refractivity contribution in [3.8, 4) is 0 Å². The minimum Gasteiger partial charge on any atom is -0.357 e. The molecular weight excluding hydrogens is 388 g/mol. The molecule has 1 saturated heterocycles. The molecule has 1 aromatic carbocycles. The Kier molecular flexibility index (Phi) is 7.85. The molecule has 0 aliphatic carbocycles. The summed E-state index contributed by atoms with van der Waals surface area (Å²) in [7, 11) is 0. The van der Waals surface area contributed by atoms with Crippen LogP contribution in [0.2, 0.25) is 5.02 Å². The zero-order valence-electron chi connectivity index (χ0n) is 14.8. The van der Waals surface area contributed by atoms with Crippen molar-refractivity contribution >= 4 is 33.5 Å². The predicted octanol–water partition coefficient (Wildman–Crippen LogP) is 4.03. The van der Waals surface area contributed by atoms with Crippen LogP contribution in [0.25, 0.3) is 0 Å². The van der Waals surface area contributed by atoms with Crippen LogP contribution < -0.4 is 10.6 Å². The molecule has 0 aromatic heterocycles. The number of hydrogen-bond donors (Lipinski definition) is 2. The zero-order chi connectivity index (χ0) is 17.5. The van der Waals surface area contributed by atoms with Crippen molar-refractivity contribution < 1.29 is 0 Å². The van der Waals surface area contributed by atoms with Gasteiger partial charge in [-0.3, -0.25) is 0 Å². The Bertz CT molecular complexity index is 554. The van der Waals surface area contributed by atoms with Crippen molar-refractivity contribution in [1.29, 1.82) is 0 Å². The van der Waals surface area contributed by atoms with E-state index in [2.05, 4.69) is 52.2 Å². The summed E-state index contributed by atoms with van der Waals surface area (Å²) in [6, 6.07) is 7.04. The number of nitrogens with zero attached hydrogens (tertiary/aromatic N) is 2. The van der Waals surface area contributed by atoms with Gasteiger partial charge in [0.15, 0.2) is 5.96 Å². The molecule has 2 N–H and O–H groups in total. The second kappa shape index (κ2) is 9.64. The minimum absolute atomic E-state index is 0.484. The topological polar surface area (TPSA) is 39.7 Å². The highest BCUT2D eigenvalue weighted by Crippen LogP contribution is 2.22. The Morgan fingerprint density at radius 2 is 2.08 bits per heavy atom. The average molecular weight is 416 g/mol. The number of halogens is 2. The summed E-state index contributed by atoms with van der Waals surface area (Å²) in [5.74, 6) is 0.875. The third-order valence-electron chi connectivity index (χ3n) is 4.37. The Labute approximate surface area is 159 Å². The van der Waals surface area contributed by atoms with E-state index in [1.165, 1.54) is 0 Å². The number of nitrogens with one attached hydrogen (secondary N) is 2. The largest absolute Gasteiger partial charge is 0.357 e. The molecule has 1 aliphatic heterocycles. The molecule has 1 aliphatic rings. The molecule has 6 heteroatoms. The molecule has 4 nitrogen and oxygen atoms in total. The number of hydrogen-bond acceptors (Lipinski definition) is 2. The molecule has 1 fully saturated rings. The highest BCUT2D eigenvalue weighted by Gasteiger charge is 2.21. The van der Waals surface area contributed by atoms with E-state index in [0.29, 0.717) is 18.6 Å². The number of aliphatic imine (C=N–C) groups is 1. The monoisotopic (exact) mass is 414 g/mol. The van der Waals surface area contributed by atoms with E-state index < -0.39 is 0 Å². The van der Waals surface area contributed by atoms with Crippen molar-refractivity contribution in [1.82, 2.24) is 15.5 Å². The van der Waals surface area contributed by atoms with Crippen molar-refractivity contribution in [3.63, 3.8) is 0 Å². The quantitative estimate of drug-likeness (QED) is 0.563. The Hall–Kier alpha value is -0.780. The first-order valence-electron chi connectivity index (χ1n) is 8.72. The Morgan fingerprint density at radius 1 is 1.38 bits per heavy atom. The van der Waals surface area contributed by atoms with Crippen molar-refractivity contribution in [2.75, 3.05) is 19.6 Å². The van der Waals surface area contributed by atoms with Gasteiger partial charge in [-0.25, -0.2) is 4.99 Å². The Balaban J connectivity index is 1.94. The van der Waals surface area contributed by atoms with E-state index in [9.17, 15) is 0 Å². The van der Waals surface area contributed by atoms with Gasteiger partial charge in [0, 0.05) is 41.2 Å². The second-order valence-corrected chi connectivity index (χ2v) is 7.80. The van der Waals surface area contributed by atoms with Crippen LogP contribution in [0.5, 0.6) is 0 Å². The van der Waals surface area contributed by atoms with Crippen LogP contribution in [0.15, 0.2) is 27.7 Å². The van der Waals surface area contributed by atoms with E-state index >= 15 is 0 Å². The summed E-state index contributed by atoms with van der Waals surface area (Å²) in [5, 5.41) is 7.66. The molecule has 0 bridgehead atoms. The molecule has 0 atom stereocenters. The fourth-order valence-corrected chi connectivity index (χ4v) is 3.62. The lowest BCUT2D eigenvalue weighted by molar-refractivity contribution is 0.167. The molecule has 0 spiro atoms. The van der Waals surface area contributed by atoms with Gasteiger partial charge in [0.25, 0.3) is 0 Å². The number of guanidine groups is 1. The first-order chi connectivity index (χ1) is 11.5. The maximum absolute atomic E-state index is 6.28. The van der Waals surface area contributed by atoms with Crippen molar-refractivity contribution in [3.05, 3.63) is 33.3 Å². The van der Waals surface area contributed by atoms with Gasteiger partial charge in [-0.15, -0.1) is 0 Å². The molecular formula is C18H28BrClN4.